The topological polar surface area (TPSA) is 79.9 Å². The van der Waals surface area contributed by atoms with Crippen molar-refractivity contribution >= 4 is 40.6 Å². The summed E-state index contributed by atoms with van der Waals surface area (Å²) in [7, 11) is 2.97. The van der Waals surface area contributed by atoms with E-state index in [-0.39, 0.29) is 11.8 Å². The van der Waals surface area contributed by atoms with Gasteiger partial charge in [0.15, 0.2) is 5.11 Å². The van der Waals surface area contributed by atoms with Crippen molar-refractivity contribution in [1.29, 1.82) is 0 Å². The number of anilines is 2. The zero-order chi connectivity index (χ0) is 25.8. The minimum atomic E-state index is -0.613. The molecule has 1 heterocycles. The number of ether oxygens (including phenoxy) is 2. The third-order valence-electron chi connectivity index (χ3n) is 6.15. The van der Waals surface area contributed by atoms with Gasteiger partial charge in [0.2, 0.25) is 0 Å². The van der Waals surface area contributed by atoms with Crippen LogP contribution in [0.2, 0.25) is 0 Å². The van der Waals surface area contributed by atoms with Gasteiger partial charge in [0, 0.05) is 29.5 Å². The van der Waals surface area contributed by atoms with Gasteiger partial charge in [0.25, 0.3) is 5.91 Å². The van der Waals surface area contributed by atoms with Crippen LogP contribution < -0.4 is 15.4 Å². The van der Waals surface area contributed by atoms with Crippen LogP contribution in [-0.4, -0.2) is 42.2 Å². The van der Waals surface area contributed by atoms with Gasteiger partial charge in [-0.25, -0.2) is 4.79 Å². The van der Waals surface area contributed by atoms with Crippen molar-refractivity contribution in [2.45, 2.75) is 26.4 Å². The summed E-state index contributed by atoms with van der Waals surface area (Å²) in [5.41, 5.74) is 5.20. The lowest BCUT2D eigenvalue weighted by Gasteiger charge is -2.28. The van der Waals surface area contributed by atoms with Crippen molar-refractivity contribution < 1.29 is 19.1 Å². The highest BCUT2D eigenvalue weighted by Gasteiger charge is 2.38. The van der Waals surface area contributed by atoms with Gasteiger partial charge in [-0.05, 0) is 71.2 Å². The van der Waals surface area contributed by atoms with Crippen LogP contribution in [0, 0.1) is 5.92 Å². The first-order chi connectivity index (χ1) is 17.3. The van der Waals surface area contributed by atoms with Crippen molar-refractivity contribution in [3.8, 4) is 16.9 Å². The highest BCUT2D eigenvalue weighted by molar-refractivity contribution is 7.80. The second kappa shape index (κ2) is 10.8. The summed E-state index contributed by atoms with van der Waals surface area (Å²) in [5.74, 6) is 0.154. The van der Waals surface area contributed by atoms with Crippen LogP contribution in [0.4, 0.5) is 11.4 Å². The molecule has 0 spiro atoms. The van der Waals surface area contributed by atoms with E-state index in [0.29, 0.717) is 17.2 Å². The largest absolute Gasteiger partial charge is 0.497 e. The molecule has 4 rings (SSSR count). The van der Waals surface area contributed by atoms with Gasteiger partial charge in [-0.3, -0.25) is 4.79 Å². The second-order valence-electron chi connectivity index (χ2n) is 8.91. The Bertz CT molecular complexity index is 1290. The Labute approximate surface area is 216 Å². The molecular formula is C28H29N3O4S. The molecule has 1 aliphatic rings. The van der Waals surface area contributed by atoms with Crippen molar-refractivity contribution in [3.63, 3.8) is 0 Å². The number of hydrogen-bond donors (Lipinski definition) is 2. The second-order valence-corrected chi connectivity index (χ2v) is 9.31. The monoisotopic (exact) mass is 503 g/mol. The molecule has 1 unspecified atom stereocenters. The van der Waals surface area contributed by atoms with Gasteiger partial charge in [0.1, 0.15) is 11.8 Å². The summed E-state index contributed by atoms with van der Waals surface area (Å²) in [6.07, 6.45) is 0. The summed E-state index contributed by atoms with van der Waals surface area (Å²) in [5, 5.41) is 6.80. The number of methoxy groups -OCH3 is 2. The van der Waals surface area contributed by atoms with Crippen LogP contribution in [0.3, 0.4) is 0 Å². The lowest BCUT2D eigenvalue weighted by Crippen LogP contribution is -2.45. The normalized spacial score (nSPS) is 13.2. The molecule has 1 amide bonds. The first-order valence-corrected chi connectivity index (χ1v) is 12.1. The molecule has 2 N–H and O–H groups in total. The lowest BCUT2D eigenvalue weighted by atomic mass is 10.0. The third kappa shape index (κ3) is 5.33. The Hall–Kier alpha value is -3.91. The first kappa shape index (κ1) is 25.2. The van der Waals surface area contributed by atoms with E-state index in [9.17, 15) is 9.59 Å². The summed E-state index contributed by atoms with van der Waals surface area (Å²) in [6, 6.07) is 20.6. The van der Waals surface area contributed by atoms with Crippen LogP contribution in [0.15, 0.2) is 66.7 Å². The summed E-state index contributed by atoms with van der Waals surface area (Å²) >= 11 is 5.43. The third-order valence-corrected chi connectivity index (χ3v) is 6.35. The molecule has 36 heavy (non-hydrogen) atoms. The number of nitrogens with zero attached hydrogens (tertiary/aromatic N) is 1. The molecule has 0 radical (unpaired) electrons. The Morgan fingerprint density at radius 2 is 1.64 bits per heavy atom. The number of hydrogen-bond acceptors (Lipinski definition) is 5. The summed E-state index contributed by atoms with van der Waals surface area (Å²) in [6.45, 7) is 4.21. The highest BCUT2D eigenvalue weighted by atomic mass is 32.1. The average molecular weight is 504 g/mol. The quantitative estimate of drug-likeness (QED) is 0.333. The molecule has 186 valence electrons. The fourth-order valence-electron chi connectivity index (χ4n) is 4.37. The number of benzene rings is 3. The summed E-state index contributed by atoms with van der Waals surface area (Å²) < 4.78 is 10.2. The van der Waals surface area contributed by atoms with E-state index in [4.69, 9.17) is 21.7 Å². The van der Waals surface area contributed by atoms with E-state index in [2.05, 4.69) is 10.6 Å². The van der Waals surface area contributed by atoms with E-state index >= 15 is 0 Å². The fourth-order valence-corrected chi connectivity index (χ4v) is 4.60. The molecule has 0 fully saturated rings. The maximum Gasteiger partial charge on any atom is 0.328 e. The minimum absolute atomic E-state index is 0.0558. The van der Waals surface area contributed by atoms with Gasteiger partial charge in [-0.15, -0.1) is 0 Å². The molecule has 8 heteroatoms. The number of esters is 1. The smallest absolute Gasteiger partial charge is 0.328 e. The highest BCUT2D eigenvalue weighted by Crippen LogP contribution is 2.32. The molecule has 3 aromatic carbocycles. The zero-order valence-electron chi connectivity index (χ0n) is 20.7. The van der Waals surface area contributed by atoms with Crippen molar-refractivity contribution in [3.05, 3.63) is 77.9 Å². The molecule has 0 bridgehead atoms. The molecule has 0 aliphatic carbocycles. The molecule has 1 aliphatic heterocycles. The maximum absolute atomic E-state index is 13.0. The Morgan fingerprint density at radius 1 is 0.944 bits per heavy atom. The molecule has 1 atom stereocenters. The van der Waals surface area contributed by atoms with Gasteiger partial charge < -0.3 is 25.0 Å². The number of amides is 1. The number of rotatable bonds is 7. The van der Waals surface area contributed by atoms with Gasteiger partial charge in [0.05, 0.1) is 14.2 Å². The Balaban J connectivity index is 1.45. The van der Waals surface area contributed by atoms with Crippen LogP contribution in [0.5, 0.6) is 5.75 Å². The van der Waals surface area contributed by atoms with E-state index < -0.39 is 12.0 Å². The summed E-state index contributed by atoms with van der Waals surface area (Å²) in [4.78, 5) is 26.9. The lowest BCUT2D eigenvalue weighted by molar-refractivity contribution is -0.147. The molecule has 0 saturated heterocycles. The number of carbonyl (C=O) groups is 2. The first-order valence-electron chi connectivity index (χ1n) is 11.6. The van der Waals surface area contributed by atoms with Gasteiger partial charge >= 0.3 is 5.97 Å². The Morgan fingerprint density at radius 3 is 2.31 bits per heavy atom. The molecule has 0 saturated carbocycles. The predicted molar refractivity (Wildman–Crippen MR) is 145 cm³/mol. The van der Waals surface area contributed by atoms with Crippen LogP contribution >= 0.6 is 12.2 Å². The molecular weight excluding hydrogens is 474 g/mol. The van der Waals surface area contributed by atoms with E-state index in [1.54, 1.807) is 12.0 Å². The van der Waals surface area contributed by atoms with Crippen molar-refractivity contribution in [1.82, 2.24) is 4.90 Å². The number of thiocarbonyl (C=S) groups is 1. The van der Waals surface area contributed by atoms with Crippen molar-refractivity contribution in [2.75, 3.05) is 24.9 Å². The zero-order valence-corrected chi connectivity index (χ0v) is 21.5. The van der Waals surface area contributed by atoms with Crippen LogP contribution in [-0.2, 0) is 16.1 Å². The SMILES string of the molecule is COC(=O)C(C(C)C)N1Cc2cc(-c3ccc(NC(=S)Nc4cccc(OC)c4)cc3)ccc2C1=O. The minimum Gasteiger partial charge on any atom is -0.497 e. The predicted octanol–water partition coefficient (Wildman–Crippen LogP) is 5.32. The fraction of sp³-hybridized carbons (Fsp3) is 0.250. The number of carbonyl (C=O) groups excluding carboxylic acids is 2. The molecule has 7 nitrogen and oxygen atoms in total. The van der Waals surface area contributed by atoms with E-state index in [1.807, 2.05) is 80.6 Å². The maximum atomic E-state index is 13.0. The van der Waals surface area contributed by atoms with Crippen LogP contribution in [0.1, 0.15) is 29.8 Å². The molecule has 3 aromatic rings. The standard InChI is InChI=1S/C28H29N3O4S/c1-17(2)25(27(33)35-4)31-16-20-14-19(10-13-24(20)26(31)32)18-8-11-21(12-9-18)29-28(36)30-22-6-5-7-23(15-22)34-3/h5-15,17,25H,16H2,1-4H3,(H2,29,30,36). The van der Waals surface area contributed by atoms with Gasteiger partial charge in [-0.2, -0.15) is 0 Å². The van der Waals surface area contributed by atoms with E-state index in [0.717, 1.165) is 33.8 Å². The van der Waals surface area contributed by atoms with Crippen LogP contribution in [0.25, 0.3) is 11.1 Å². The average Bonchev–Trinajstić information content (AvgIpc) is 3.19. The Kier molecular flexibility index (Phi) is 7.55. The number of fused-ring (bicyclic) bond motifs is 1. The van der Waals surface area contributed by atoms with E-state index in [1.165, 1.54) is 7.11 Å². The molecule has 0 aromatic heterocycles. The van der Waals surface area contributed by atoms with Gasteiger partial charge in [-0.1, -0.05) is 38.1 Å². The van der Waals surface area contributed by atoms with Crippen molar-refractivity contribution in [2.24, 2.45) is 5.92 Å². The number of nitrogens with one attached hydrogen (secondary N) is 2.